The monoisotopic (exact) mass is 213 g/mol. The number of hydrogen-bond acceptors (Lipinski definition) is 2. The van der Waals surface area contributed by atoms with E-state index in [-0.39, 0.29) is 5.90 Å². The first kappa shape index (κ1) is 11.6. The zero-order chi connectivity index (χ0) is 11.3. The van der Waals surface area contributed by atoms with Crippen molar-refractivity contribution in [2.45, 2.75) is 19.3 Å². The minimum atomic E-state index is -0.569. The highest BCUT2D eigenvalue weighted by Gasteiger charge is 2.04. The van der Waals surface area contributed by atoms with Crippen molar-refractivity contribution in [2.24, 2.45) is 0 Å². The molecule has 4 heteroatoms. The molecule has 0 saturated heterocycles. The molecule has 0 heterocycles. The SMILES string of the molecule is COC(=N)CCCc1ccc(F)cc1F. The van der Waals surface area contributed by atoms with Crippen LogP contribution < -0.4 is 0 Å². The van der Waals surface area contributed by atoms with E-state index in [1.165, 1.54) is 19.2 Å². The van der Waals surface area contributed by atoms with Gasteiger partial charge in [-0.2, -0.15) is 0 Å². The molecule has 0 radical (unpaired) electrons. The molecule has 0 spiro atoms. The fourth-order valence-electron chi connectivity index (χ4n) is 1.27. The maximum atomic E-state index is 13.1. The van der Waals surface area contributed by atoms with E-state index in [4.69, 9.17) is 5.41 Å². The van der Waals surface area contributed by atoms with E-state index in [0.717, 1.165) is 6.07 Å². The average molecular weight is 213 g/mol. The average Bonchev–Trinajstić information content (AvgIpc) is 2.21. The van der Waals surface area contributed by atoms with Crippen molar-refractivity contribution in [2.75, 3.05) is 7.11 Å². The number of ether oxygens (including phenoxy) is 1. The van der Waals surface area contributed by atoms with E-state index < -0.39 is 11.6 Å². The van der Waals surface area contributed by atoms with E-state index in [1.807, 2.05) is 0 Å². The lowest BCUT2D eigenvalue weighted by Crippen LogP contribution is -2.00. The Morgan fingerprint density at radius 3 is 2.73 bits per heavy atom. The highest BCUT2D eigenvalue weighted by molar-refractivity contribution is 5.72. The minimum Gasteiger partial charge on any atom is -0.484 e. The number of benzene rings is 1. The Morgan fingerprint density at radius 2 is 2.13 bits per heavy atom. The predicted molar refractivity (Wildman–Crippen MR) is 54.0 cm³/mol. The lowest BCUT2D eigenvalue weighted by atomic mass is 10.1. The van der Waals surface area contributed by atoms with Crippen molar-refractivity contribution in [3.05, 3.63) is 35.4 Å². The summed E-state index contributed by atoms with van der Waals surface area (Å²) in [6.07, 6.45) is 1.57. The van der Waals surface area contributed by atoms with E-state index >= 15 is 0 Å². The Kier molecular flexibility index (Phi) is 4.21. The number of hydrogen-bond donors (Lipinski definition) is 1. The summed E-state index contributed by atoms with van der Waals surface area (Å²) in [5, 5.41) is 7.22. The van der Waals surface area contributed by atoms with Crippen LogP contribution in [0.1, 0.15) is 18.4 Å². The Balaban J connectivity index is 2.47. The lowest BCUT2D eigenvalue weighted by Gasteiger charge is -2.04. The summed E-state index contributed by atoms with van der Waals surface area (Å²) in [5.41, 5.74) is 0.473. The van der Waals surface area contributed by atoms with Crippen LogP contribution in [0.25, 0.3) is 0 Å². The standard InChI is InChI=1S/C11H13F2NO/c1-15-11(14)4-2-3-8-5-6-9(12)7-10(8)13/h5-7,14H,2-4H2,1H3. The summed E-state index contributed by atoms with van der Waals surface area (Å²) in [4.78, 5) is 0. The molecule has 0 saturated carbocycles. The van der Waals surface area contributed by atoms with Crippen LogP contribution in [0, 0.1) is 17.0 Å². The molecule has 82 valence electrons. The molecule has 0 aromatic heterocycles. The Hall–Kier alpha value is -1.45. The smallest absolute Gasteiger partial charge is 0.180 e. The van der Waals surface area contributed by atoms with Crippen molar-refractivity contribution in [1.29, 1.82) is 5.41 Å². The maximum absolute atomic E-state index is 13.1. The van der Waals surface area contributed by atoms with Crippen LogP contribution in [-0.4, -0.2) is 13.0 Å². The first-order chi connectivity index (χ1) is 7.13. The summed E-state index contributed by atoms with van der Waals surface area (Å²) in [6, 6.07) is 3.54. The second kappa shape index (κ2) is 5.44. The van der Waals surface area contributed by atoms with Gasteiger partial charge in [0.2, 0.25) is 0 Å². The molecule has 0 aliphatic heterocycles. The summed E-state index contributed by atoms with van der Waals surface area (Å²) < 4.78 is 30.4. The molecule has 1 N–H and O–H groups in total. The van der Waals surface area contributed by atoms with Crippen LogP contribution in [-0.2, 0) is 11.2 Å². The molecule has 0 unspecified atom stereocenters. The van der Waals surface area contributed by atoms with Gasteiger partial charge in [-0.25, -0.2) is 8.78 Å². The van der Waals surface area contributed by atoms with E-state index in [9.17, 15) is 8.78 Å². The van der Waals surface area contributed by atoms with Crippen LogP contribution in [0.4, 0.5) is 8.78 Å². The van der Waals surface area contributed by atoms with Crippen molar-refractivity contribution >= 4 is 5.90 Å². The molecule has 1 rings (SSSR count). The van der Waals surface area contributed by atoms with Gasteiger partial charge in [0, 0.05) is 12.5 Å². The van der Waals surface area contributed by atoms with Crippen molar-refractivity contribution in [3.63, 3.8) is 0 Å². The van der Waals surface area contributed by atoms with Gasteiger partial charge in [0.25, 0.3) is 0 Å². The van der Waals surface area contributed by atoms with Crippen LogP contribution in [0.5, 0.6) is 0 Å². The second-order valence-electron chi connectivity index (χ2n) is 3.22. The largest absolute Gasteiger partial charge is 0.484 e. The van der Waals surface area contributed by atoms with Crippen LogP contribution in [0.2, 0.25) is 0 Å². The van der Waals surface area contributed by atoms with Gasteiger partial charge in [-0.15, -0.1) is 0 Å². The lowest BCUT2D eigenvalue weighted by molar-refractivity contribution is 0.384. The normalized spacial score (nSPS) is 10.1. The van der Waals surface area contributed by atoms with Gasteiger partial charge in [-0.1, -0.05) is 6.07 Å². The van der Waals surface area contributed by atoms with E-state index in [1.54, 1.807) is 0 Å². The molecule has 2 nitrogen and oxygen atoms in total. The predicted octanol–water partition coefficient (Wildman–Crippen LogP) is 2.91. The molecular formula is C11H13F2NO. The zero-order valence-electron chi connectivity index (χ0n) is 8.52. The number of aryl methyl sites for hydroxylation is 1. The Labute approximate surface area is 87.4 Å². The van der Waals surface area contributed by atoms with Gasteiger partial charge in [0.05, 0.1) is 7.11 Å². The number of nitrogens with one attached hydrogen (secondary N) is 1. The summed E-state index contributed by atoms with van der Waals surface area (Å²) in [6.45, 7) is 0. The number of methoxy groups -OCH3 is 1. The molecular weight excluding hydrogens is 200 g/mol. The molecule has 0 bridgehead atoms. The van der Waals surface area contributed by atoms with Gasteiger partial charge >= 0.3 is 0 Å². The van der Waals surface area contributed by atoms with Crippen LogP contribution >= 0.6 is 0 Å². The van der Waals surface area contributed by atoms with Gasteiger partial charge < -0.3 is 4.74 Å². The molecule has 15 heavy (non-hydrogen) atoms. The summed E-state index contributed by atoms with van der Waals surface area (Å²) >= 11 is 0. The number of halogens is 2. The van der Waals surface area contributed by atoms with Gasteiger partial charge in [-0.3, -0.25) is 5.41 Å². The van der Waals surface area contributed by atoms with Crippen LogP contribution in [0.3, 0.4) is 0 Å². The topological polar surface area (TPSA) is 33.1 Å². The summed E-state index contributed by atoms with van der Waals surface area (Å²) in [5.74, 6) is -0.919. The summed E-state index contributed by atoms with van der Waals surface area (Å²) in [7, 11) is 1.43. The van der Waals surface area contributed by atoms with Gasteiger partial charge in [0.1, 0.15) is 11.6 Å². The first-order valence-corrected chi connectivity index (χ1v) is 4.69. The molecule has 0 aliphatic rings. The highest BCUT2D eigenvalue weighted by atomic mass is 19.1. The Bertz CT molecular complexity index is 352. The maximum Gasteiger partial charge on any atom is 0.180 e. The highest BCUT2D eigenvalue weighted by Crippen LogP contribution is 2.12. The van der Waals surface area contributed by atoms with Crippen LogP contribution in [0.15, 0.2) is 18.2 Å². The third kappa shape index (κ3) is 3.65. The molecule has 0 fully saturated rings. The molecule has 0 aliphatic carbocycles. The molecule has 1 aromatic rings. The van der Waals surface area contributed by atoms with E-state index in [0.29, 0.717) is 24.8 Å². The third-order valence-corrected chi connectivity index (χ3v) is 2.11. The van der Waals surface area contributed by atoms with Crippen molar-refractivity contribution in [3.8, 4) is 0 Å². The van der Waals surface area contributed by atoms with Gasteiger partial charge in [0.15, 0.2) is 5.90 Å². The van der Waals surface area contributed by atoms with Gasteiger partial charge in [-0.05, 0) is 24.5 Å². The van der Waals surface area contributed by atoms with Crippen molar-refractivity contribution in [1.82, 2.24) is 0 Å². The molecule has 0 atom stereocenters. The second-order valence-corrected chi connectivity index (χ2v) is 3.22. The fraction of sp³-hybridized carbons (Fsp3) is 0.364. The minimum absolute atomic E-state index is 0.178. The quantitative estimate of drug-likeness (QED) is 0.605. The fourth-order valence-corrected chi connectivity index (χ4v) is 1.27. The first-order valence-electron chi connectivity index (χ1n) is 4.69. The third-order valence-electron chi connectivity index (χ3n) is 2.11. The Morgan fingerprint density at radius 1 is 1.40 bits per heavy atom. The van der Waals surface area contributed by atoms with Crippen molar-refractivity contribution < 1.29 is 13.5 Å². The molecule has 1 aromatic carbocycles. The molecule has 0 amide bonds. The number of rotatable bonds is 4. The van der Waals surface area contributed by atoms with E-state index in [2.05, 4.69) is 4.74 Å². The zero-order valence-corrected chi connectivity index (χ0v) is 8.52.